The van der Waals surface area contributed by atoms with E-state index in [9.17, 15) is 9.18 Å². The van der Waals surface area contributed by atoms with Gasteiger partial charge in [-0.15, -0.1) is 0 Å². The number of ether oxygens (including phenoxy) is 1. The number of fused-ring (bicyclic) bond motifs is 1. The highest BCUT2D eigenvalue weighted by Gasteiger charge is 2.29. The highest BCUT2D eigenvalue weighted by molar-refractivity contribution is 6.07. The topological polar surface area (TPSA) is 123 Å². The number of aromatic nitrogens is 3. The second-order valence-electron chi connectivity index (χ2n) is 8.81. The molecule has 1 aromatic carbocycles. The van der Waals surface area contributed by atoms with Gasteiger partial charge in [-0.1, -0.05) is 24.3 Å². The molecule has 1 amide bonds. The summed E-state index contributed by atoms with van der Waals surface area (Å²) < 4.78 is 19.4. The normalized spacial score (nSPS) is 21.6. The number of hydrogen-bond donors (Lipinski definition) is 2. The number of nitrogens with two attached hydrogens (primary N) is 2. The first kappa shape index (κ1) is 22.6. The van der Waals surface area contributed by atoms with E-state index in [0.29, 0.717) is 42.1 Å². The first-order chi connectivity index (χ1) is 16.5. The molecule has 0 spiro atoms. The number of piperidine rings is 1. The summed E-state index contributed by atoms with van der Waals surface area (Å²) in [4.78, 5) is 30.1. The van der Waals surface area contributed by atoms with E-state index in [2.05, 4.69) is 27.0 Å². The van der Waals surface area contributed by atoms with Crippen LogP contribution >= 0.6 is 0 Å². The van der Waals surface area contributed by atoms with Crippen molar-refractivity contribution in [2.24, 2.45) is 11.5 Å². The van der Waals surface area contributed by atoms with E-state index in [1.807, 2.05) is 17.0 Å². The molecule has 2 aliphatic rings. The molecule has 5 rings (SSSR count). The van der Waals surface area contributed by atoms with Crippen LogP contribution in [0, 0.1) is 0 Å². The van der Waals surface area contributed by atoms with Crippen molar-refractivity contribution < 1.29 is 13.9 Å². The minimum atomic E-state index is -1.05. The van der Waals surface area contributed by atoms with Crippen molar-refractivity contribution in [1.29, 1.82) is 0 Å². The molecule has 0 unspecified atom stereocenters. The van der Waals surface area contributed by atoms with Gasteiger partial charge < -0.3 is 21.1 Å². The Hall–Kier alpha value is -3.21. The molecular weight excluding hydrogens is 437 g/mol. The fraction of sp³-hybridized carbons (Fsp3) is 0.417. The van der Waals surface area contributed by atoms with E-state index in [4.69, 9.17) is 21.2 Å². The van der Waals surface area contributed by atoms with Crippen LogP contribution in [-0.2, 0) is 11.3 Å². The average Bonchev–Trinajstić information content (AvgIpc) is 2.86. The molecule has 0 bridgehead atoms. The van der Waals surface area contributed by atoms with Crippen LogP contribution in [0.25, 0.3) is 22.3 Å². The number of pyridine rings is 1. The zero-order valence-corrected chi connectivity index (χ0v) is 18.9. The Labute approximate surface area is 196 Å². The number of alkyl halides is 1. The third-order valence-electron chi connectivity index (χ3n) is 6.47. The van der Waals surface area contributed by atoms with Crippen molar-refractivity contribution in [3.63, 3.8) is 0 Å². The van der Waals surface area contributed by atoms with Crippen LogP contribution in [0.4, 0.5) is 10.2 Å². The Bertz CT molecular complexity index is 1180. The molecule has 2 aromatic heterocycles. The third kappa shape index (κ3) is 4.56. The Balaban J connectivity index is 1.50. The number of anilines is 1. The standard InChI is InChI=1S/C24H28FN7O2/c25-18-5-6-32(13-19(18)26)24-22-21(28-14-29-24)17(23(27)33)11-20(30-22)16-3-1-15(2-4-16)12-31-7-9-34-10-8-31/h1-4,11,14,18-19H,5-10,12-13,26H2,(H2,27,33)/t18-,19-/m0/s1. The van der Waals surface area contributed by atoms with Crippen molar-refractivity contribution in [2.75, 3.05) is 44.3 Å². The lowest BCUT2D eigenvalue weighted by Crippen LogP contribution is -2.50. The van der Waals surface area contributed by atoms with Gasteiger partial charge in [0.2, 0.25) is 0 Å². The molecule has 0 radical (unpaired) electrons. The van der Waals surface area contributed by atoms with Crippen LogP contribution in [0.15, 0.2) is 36.7 Å². The first-order valence-electron chi connectivity index (χ1n) is 11.5. The van der Waals surface area contributed by atoms with Gasteiger partial charge in [0.05, 0.1) is 30.5 Å². The van der Waals surface area contributed by atoms with Crippen molar-refractivity contribution in [1.82, 2.24) is 19.9 Å². The zero-order valence-electron chi connectivity index (χ0n) is 18.9. The third-order valence-corrected chi connectivity index (χ3v) is 6.47. The highest BCUT2D eigenvalue weighted by atomic mass is 19.1. The Morgan fingerprint density at radius 3 is 2.59 bits per heavy atom. The number of rotatable bonds is 5. The molecule has 4 N–H and O–H groups in total. The molecule has 4 heterocycles. The van der Waals surface area contributed by atoms with Crippen LogP contribution in [0.3, 0.4) is 0 Å². The van der Waals surface area contributed by atoms with Gasteiger partial charge in [-0.05, 0) is 18.1 Å². The van der Waals surface area contributed by atoms with Crippen molar-refractivity contribution in [2.45, 2.75) is 25.2 Å². The van der Waals surface area contributed by atoms with Crippen LogP contribution in [-0.4, -0.2) is 77.4 Å². The van der Waals surface area contributed by atoms with Gasteiger partial charge in [-0.3, -0.25) is 9.69 Å². The molecule has 9 nitrogen and oxygen atoms in total. The summed E-state index contributed by atoms with van der Waals surface area (Å²) in [6.07, 6.45) is 0.628. The number of carbonyl (C=O) groups is 1. The van der Waals surface area contributed by atoms with Crippen LogP contribution in [0.2, 0.25) is 0 Å². The highest BCUT2D eigenvalue weighted by Crippen LogP contribution is 2.30. The Morgan fingerprint density at radius 2 is 1.88 bits per heavy atom. The molecular formula is C24H28FN7O2. The lowest BCUT2D eigenvalue weighted by atomic mass is 10.0. The molecule has 0 saturated carbocycles. The van der Waals surface area contributed by atoms with Gasteiger partial charge in [0.15, 0.2) is 5.82 Å². The van der Waals surface area contributed by atoms with E-state index in [1.54, 1.807) is 6.07 Å². The van der Waals surface area contributed by atoms with E-state index < -0.39 is 18.1 Å². The van der Waals surface area contributed by atoms with E-state index in [0.717, 1.165) is 38.4 Å². The largest absolute Gasteiger partial charge is 0.379 e. The van der Waals surface area contributed by atoms with Crippen molar-refractivity contribution in [3.8, 4) is 11.3 Å². The molecule has 0 aliphatic carbocycles. The number of benzene rings is 1. The minimum absolute atomic E-state index is 0.269. The average molecular weight is 466 g/mol. The number of halogens is 1. The fourth-order valence-corrected chi connectivity index (χ4v) is 4.54. The van der Waals surface area contributed by atoms with Gasteiger partial charge in [0.25, 0.3) is 5.91 Å². The quantitative estimate of drug-likeness (QED) is 0.581. The number of nitrogens with zero attached hydrogens (tertiary/aromatic N) is 5. The maximum Gasteiger partial charge on any atom is 0.251 e. The molecule has 34 heavy (non-hydrogen) atoms. The summed E-state index contributed by atoms with van der Waals surface area (Å²) in [6, 6.07) is 9.16. The lowest BCUT2D eigenvalue weighted by molar-refractivity contribution is 0.0342. The monoisotopic (exact) mass is 465 g/mol. The summed E-state index contributed by atoms with van der Waals surface area (Å²) in [5.41, 5.74) is 15.4. The summed E-state index contributed by atoms with van der Waals surface area (Å²) in [7, 11) is 0. The van der Waals surface area contributed by atoms with E-state index in [1.165, 1.54) is 11.9 Å². The summed E-state index contributed by atoms with van der Waals surface area (Å²) in [5, 5.41) is 0. The number of primary amides is 1. The maximum absolute atomic E-state index is 13.9. The van der Waals surface area contributed by atoms with Crippen LogP contribution in [0.1, 0.15) is 22.3 Å². The first-order valence-corrected chi connectivity index (χ1v) is 11.5. The molecule has 2 aliphatic heterocycles. The van der Waals surface area contributed by atoms with Crippen molar-refractivity contribution >= 4 is 22.8 Å². The fourth-order valence-electron chi connectivity index (χ4n) is 4.54. The minimum Gasteiger partial charge on any atom is -0.379 e. The van der Waals surface area contributed by atoms with Crippen LogP contribution in [0.5, 0.6) is 0 Å². The maximum atomic E-state index is 13.9. The predicted molar refractivity (Wildman–Crippen MR) is 127 cm³/mol. The molecule has 3 aromatic rings. The van der Waals surface area contributed by atoms with Crippen LogP contribution < -0.4 is 16.4 Å². The van der Waals surface area contributed by atoms with E-state index in [-0.39, 0.29) is 5.56 Å². The molecule has 2 saturated heterocycles. The van der Waals surface area contributed by atoms with Gasteiger partial charge in [0, 0.05) is 38.3 Å². The predicted octanol–water partition coefficient (Wildman–Crippen LogP) is 1.50. The van der Waals surface area contributed by atoms with Gasteiger partial charge in [-0.25, -0.2) is 19.3 Å². The Morgan fingerprint density at radius 1 is 1.12 bits per heavy atom. The summed E-state index contributed by atoms with van der Waals surface area (Å²) in [6.45, 7) is 4.96. The SMILES string of the molecule is NC(=O)c1cc(-c2ccc(CN3CCOCC3)cc2)nc2c(N3CC[C@H](F)[C@@H](N)C3)ncnc12. The van der Waals surface area contributed by atoms with E-state index >= 15 is 0 Å². The Kier molecular flexibility index (Phi) is 6.36. The van der Waals surface area contributed by atoms with Crippen molar-refractivity contribution in [3.05, 3.63) is 47.8 Å². The second-order valence-corrected chi connectivity index (χ2v) is 8.81. The molecule has 178 valence electrons. The van der Waals surface area contributed by atoms with Gasteiger partial charge in [0.1, 0.15) is 23.5 Å². The summed E-state index contributed by atoms with van der Waals surface area (Å²) >= 11 is 0. The molecule has 2 atom stereocenters. The number of carbonyl (C=O) groups excluding carboxylic acids is 1. The lowest BCUT2D eigenvalue weighted by Gasteiger charge is -2.34. The van der Waals surface area contributed by atoms with Gasteiger partial charge >= 0.3 is 0 Å². The zero-order chi connectivity index (χ0) is 23.7. The number of amides is 1. The molecule has 10 heteroatoms. The summed E-state index contributed by atoms with van der Waals surface area (Å²) in [5.74, 6) is -0.0676. The second kappa shape index (κ2) is 9.57. The number of morpholine rings is 1. The number of hydrogen-bond acceptors (Lipinski definition) is 8. The smallest absolute Gasteiger partial charge is 0.251 e. The molecule has 2 fully saturated rings. The van der Waals surface area contributed by atoms with Gasteiger partial charge in [-0.2, -0.15) is 0 Å².